The van der Waals surface area contributed by atoms with Gasteiger partial charge in [-0.25, -0.2) is 4.98 Å². The van der Waals surface area contributed by atoms with Crippen LogP contribution in [-0.4, -0.2) is 4.98 Å². The Morgan fingerprint density at radius 1 is 1.25 bits per heavy atom. The molecule has 0 saturated heterocycles. The van der Waals surface area contributed by atoms with Crippen LogP contribution in [0.4, 0.5) is 0 Å². The number of hydrogen-bond donors (Lipinski definition) is 0. The topological polar surface area (TPSA) is 26.0 Å². The zero-order chi connectivity index (χ0) is 11.0. The predicted octanol–water partition coefficient (Wildman–Crippen LogP) is 4.04. The number of nitrogens with zero attached hydrogens (tertiary/aromatic N) is 1. The van der Waals surface area contributed by atoms with Gasteiger partial charge in [-0.1, -0.05) is 30.7 Å². The third-order valence-corrected chi connectivity index (χ3v) is 3.34. The highest BCUT2D eigenvalue weighted by Gasteiger charge is 2.23. The first-order chi connectivity index (χ1) is 7.84. The molecule has 3 rings (SSSR count). The van der Waals surface area contributed by atoms with Gasteiger partial charge in [0, 0.05) is 0 Å². The van der Waals surface area contributed by atoms with Gasteiger partial charge in [0.1, 0.15) is 5.52 Å². The minimum Gasteiger partial charge on any atom is -0.440 e. The summed E-state index contributed by atoms with van der Waals surface area (Å²) in [4.78, 5) is 4.56. The van der Waals surface area contributed by atoms with Crippen LogP contribution in [-0.2, 0) is 0 Å². The lowest BCUT2D eigenvalue weighted by Crippen LogP contribution is -2.07. The van der Waals surface area contributed by atoms with Crippen molar-refractivity contribution in [2.45, 2.75) is 31.6 Å². The highest BCUT2D eigenvalue weighted by Crippen LogP contribution is 2.36. The van der Waals surface area contributed by atoms with Gasteiger partial charge in [-0.3, -0.25) is 0 Å². The molecule has 1 atom stereocenters. The molecule has 1 aromatic heterocycles. The van der Waals surface area contributed by atoms with Crippen LogP contribution >= 0.6 is 0 Å². The van der Waals surface area contributed by atoms with E-state index in [1.807, 2.05) is 24.3 Å². The van der Waals surface area contributed by atoms with Crippen molar-refractivity contribution < 1.29 is 4.42 Å². The lowest BCUT2D eigenvalue weighted by atomic mass is 9.85. The second-order valence-electron chi connectivity index (χ2n) is 4.48. The number of aromatic nitrogens is 1. The summed E-state index contributed by atoms with van der Waals surface area (Å²) in [5.74, 6) is 1.19. The Hall–Kier alpha value is -1.57. The third-order valence-electron chi connectivity index (χ3n) is 3.34. The second kappa shape index (κ2) is 3.78. The van der Waals surface area contributed by atoms with E-state index in [0.29, 0.717) is 5.92 Å². The molecule has 1 heterocycles. The Balaban J connectivity index is 2.01. The Kier molecular flexibility index (Phi) is 2.28. The quantitative estimate of drug-likeness (QED) is 0.668. The summed E-state index contributed by atoms with van der Waals surface area (Å²) in [7, 11) is 0. The van der Waals surface area contributed by atoms with Crippen molar-refractivity contribution in [2.24, 2.45) is 0 Å². The maximum Gasteiger partial charge on any atom is 0.202 e. The Labute approximate surface area is 95.0 Å². The molecule has 1 aliphatic rings. The largest absolute Gasteiger partial charge is 0.440 e. The average molecular weight is 213 g/mol. The fraction of sp³-hybridized carbons (Fsp3) is 0.357. The fourth-order valence-electron chi connectivity index (χ4n) is 2.42. The van der Waals surface area contributed by atoms with Crippen LogP contribution in [0, 0.1) is 0 Å². The second-order valence-corrected chi connectivity index (χ2v) is 4.48. The minimum atomic E-state index is 0.334. The zero-order valence-corrected chi connectivity index (χ0v) is 9.28. The summed E-state index contributed by atoms with van der Waals surface area (Å²) in [5, 5.41) is 0. The molecule has 1 aliphatic carbocycles. The zero-order valence-electron chi connectivity index (χ0n) is 9.28. The molecule has 2 aromatic rings. The molecule has 0 N–H and O–H groups in total. The molecule has 2 nitrogen and oxygen atoms in total. The van der Waals surface area contributed by atoms with E-state index in [2.05, 4.69) is 11.6 Å². The van der Waals surface area contributed by atoms with Crippen molar-refractivity contribution in [1.82, 2.24) is 4.98 Å². The maximum atomic E-state index is 5.81. The highest BCUT2D eigenvalue weighted by molar-refractivity contribution is 5.72. The highest BCUT2D eigenvalue weighted by atomic mass is 16.3. The van der Waals surface area contributed by atoms with Crippen LogP contribution in [0.2, 0.25) is 0 Å². The first kappa shape index (κ1) is 9.64. The molecule has 1 unspecified atom stereocenters. The number of rotatable bonds is 1. The first-order valence-corrected chi connectivity index (χ1v) is 5.88. The monoisotopic (exact) mass is 213 g/mol. The van der Waals surface area contributed by atoms with E-state index >= 15 is 0 Å². The smallest absolute Gasteiger partial charge is 0.202 e. The van der Waals surface area contributed by atoms with Crippen molar-refractivity contribution in [3.63, 3.8) is 0 Å². The summed E-state index contributed by atoms with van der Waals surface area (Å²) in [6, 6.07) is 7.93. The molecule has 0 bridgehead atoms. The molecule has 0 radical (unpaired) electrons. The van der Waals surface area contributed by atoms with Crippen molar-refractivity contribution in [1.29, 1.82) is 0 Å². The molecule has 1 aromatic carbocycles. The van der Waals surface area contributed by atoms with Gasteiger partial charge >= 0.3 is 0 Å². The van der Waals surface area contributed by atoms with Gasteiger partial charge in [-0.2, -0.15) is 0 Å². The summed E-state index contributed by atoms with van der Waals surface area (Å²) in [5.41, 5.74) is 3.12. The van der Waals surface area contributed by atoms with Crippen molar-refractivity contribution in [2.75, 3.05) is 0 Å². The van der Waals surface area contributed by atoms with Crippen LogP contribution in [0.25, 0.3) is 11.1 Å². The number of fused-ring (bicyclic) bond motifs is 1. The third kappa shape index (κ3) is 1.54. The summed E-state index contributed by atoms with van der Waals surface area (Å²) < 4.78 is 5.81. The molecule has 0 aliphatic heterocycles. The molecule has 82 valence electrons. The predicted molar refractivity (Wildman–Crippen MR) is 64.4 cm³/mol. The van der Waals surface area contributed by atoms with Gasteiger partial charge in [0.05, 0.1) is 5.92 Å². The number of benzene rings is 1. The normalized spacial score (nSPS) is 21.5. The molecule has 2 heteroatoms. The average Bonchev–Trinajstić information content (AvgIpc) is 2.73. The molecule has 0 amide bonds. The van der Waals surface area contributed by atoms with E-state index in [0.717, 1.165) is 29.8 Å². The van der Waals surface area contributed by atoms with Gasteiger partial charge < -0.3 is 4.42 Å². The molecule has 16 heavy (non-hydrogen) atoms. The van der Waals surface area contributed by atoms with E-state index in [1.54, 1.807) is 0 Å². The van der Waals surface area contributed by atoms with E-state index in [9.17, 15) is 0 Å². The first-order valence-electron chi connectivity index (χ1n) is 5.88. The van der Waals surface area contributed by atoms with Crippen LogP contribution in [0.5, 0.6) is 0 Å². The molecular weight excluding hydrogens is 198 g/mol. The lowest BCUT2D eigenvalue weighted by molar-refractivity contribution is 0.438. The molecule has 1 saturated carbocycles. The Bertz CT molecular complexity index is 493. The number of hydrogen-bond acceptors (Lipinski definition) is 2. The standard InChI is InChI=1S/C14H15NO/c1-10-6-2-3-7-11(10)14-15-12-8-4-5-9-13(12)16-14/h4-5,8-9,11H,1-3,6-7H2. The van der Waals surface area contributed by atoms with Crippen LogP contribution in [0.3, 0.4) is 0 Å². The Morgan fingerprint density at radius 3 is 2.94 bits per heavy atom. The summed E-state index contributed by atoms with van der Waals surface area (Å²) in [6.45, 7) is 4.14. The van der Waals surface area contributed by atoms with Crippen LogP contribution in [0.15, 0.2) is 40.8 Å². The minimum absolute atomic E-state index is 0.334. The summed E-state index contributed by atoms with van der Waals surface area (Å²) in [6.07, 6.45) is 4.76. The van der Waals surface area contributed by atoms with E-state index in [4.69, 9.17) is 4.42 Å². The van der Waals surface area contributed by atoms with Gasteiger partial charge in [0.25, 0.3) is 0 Å². The van der Waals surface area contributed by atoms with E-state index in [1.165, 1.54) is 18.4 Å². The van der Waals surface area contributed by atoms with Crippen molar-refractivity contribution in [3.8, 4) is 0 Å². The van der Waals surface area contributed by atoms with Crippen LogP contribution in [0.1, 0.15) is 37.5 Å². The lowest BCUT2D eigenvalue weighted by Gasteiger charge is -2.21. The van der Waals surface area contributed by atoms with Crippen molar-refractivity contribution in [3.05, 3.63) is 42.3 Å². The van der Waals surface area contributed by atoms with Gasteiger partial charge in [-0.15, -0.1) is 0 Å². The summed E-state index contributed by atoms with van der Waals surface area (Å²) >= 11 is 0. The maximum absolute atomic E-state index is 5.81. The van der Waals surface area contributed by atoms with E-state index < -0.39 is 0 Å². The van der Waals surface area contributed by atoms with Crippen LogP contribution < -0.4 is 0 Å². The van der Waals surface area contributed by atoms with Gasteiger partial charge in [-0.05, 0) is 31.4 Å². The number of allylic oxidation sites excluding steroid dienone is 1. The van der Waals surface area contributed by atoms with Gasteiger partial charge in [0.2, 0.25) is 5.89 Å². The van der Waals surface area contributed by atoms with Gasteiger partial charge in [0.15, 0.2) is 5.58 Å². The Morgan fingerprint density at radius 2 is 2.12 bits per heavy atom. The number of para-hydroxylation sites is 2. The molecule has 1 fully saturated rings. The fourth-order valence-corrected chi connectivity index (χ4v) is 2.42. The van der Waals surface area contributed by atoms with Crippen molar-refractivity contribution >= 4 is 11.1 Å². The molecule has 0 spiro atoms. The van der Waals surface area contributed by atoms with E-state index in [-0.39, 0.29) is 0 Å². The molecular formula is C14H15NO. The SMILES string of the molecule is C=C1CCCCC1c1nc2ccccc2o1. The number of oxazole rings is 1.